The molecule has 0 aliphatic carbocycles. The minimum atomic E-state index is -0.803. The third kappa shape index (κ3) is 3.29. The number of carbonyl (C=O) groups excluding carboxylic acids is 3. The Morgan fingerprint density at radius 1 is 1.43 bits per heavy atom. The van der Waals surface area contributed by atoms with Crippen LogP contribution in [0.5, 0.6) is 0 Å². The second-order valence-corrected chi connectivity index (χ2v) is 7.21. The zero-order valence-electron chi connectivity index (χ0n) is 13.4. The first kappa shape index (κ1) is 18.0. The maximum absolute atomic E-state index is 12.3. The van der Waals surface area contributed by atoms with Gasteiger partial charge in [0, 0.05) is 23.6 Å². The summed E-state index contributed by atoms with van der Waals surface area (Å²) in [4.78, 5) is 38.3. The molecule has 0 aromatic heterocycles. The van der Waals surface area contributed by atoms with Gasteiger partial charge < -0.3 is 20.5 Å². The number of nitrogens with zero attached hydrogens (tertiary/aromatic N) is 1. The maximum Gasteiger partial charge on any atom is 0.363 e. The topological polar surface area (TPSA) is 110 Å². The fourth-order valence-corrected chi connectivity index (χ4v) is 3.76. The van der Waals surface area contributed by atoms with Crippen LogP contribution in [0.2, 0.25) is 0 Å². The number of carbonyl (C=O) groups is 3. The van der Waals surface area contributed by atoms with Crippen molar-refractivity contribution in [1.29, 1.82) is 0 Å². The molecule has 0 aromatic carbocycles. The van der Waals surface area contributed by atoms with Gasteiger partial charge in [-0.2, -0.15) is 0 Å². The summed E-state index contributed by atoms with van der Waals surface area (Å²) < 4.78 is 4.87. The SMILES string of the molecule is CC(C)C(=O)OC(=O)C1=C(SCCN)C[C@@H]2[C@@H]([C@@H](C)O)C(=O)N12. The highest BCUT2D eigenvalue weighted by Gasteiger charge is 2.57. The van der Waals surface area contributed by atoms with Gasteiger partial charge in [0.25, 0.3) is 0 Å². The van der Waals surface area contributed by atoms with Crippen LogP contribution in [0, 0.1) is 11.8 Å². The van der Waals surface area contributed by atoms with Crippen molar-refractivity contribution < 1.29 is 24.2 Å². The van der Waals surface area contributed by atoms with E-state index in [1.54, 1.807) is 20.8 Å². The molecule has 2 rings (SSSR count). The number of rotatable bonds is 6. The molecule has 2 aliphatic heterocycles. The molecule has 2 aliphatic rings. The van der Waals surface area contributed by atoms with Crippen LogP contribution in [0.1, 0.15) is 27.2 Å². The monoisotopic (exact) mass is 342 g/mol. The molecule has 2 heterocycles. The normalized spacial score (nSPS) is 24.6. The van der Waals surface area contributed by atoms with E-state index in [4.69, 9.17) is 10.5 Å². The molecule has 8 heteroatoms. The molecule has 0 bridgehead atoms. The highest BCUT2D eigenvalue weighted by atomic mass is 32.2. The van der Waals surface area contributed by atoms with Crippen molar-refractivity contribution in [2.24, 2.45) is 17.6 Å². The number of ether oxygens (including phenoxy) is 1. The van der Waals surface area contributed by atoms with Gasteiger partial charge in [-0.3, -0.25) is 9.59 Å². The Balaban J connectivity index is 2.22. The molecule has 0 spiro atoms. The van der Waals surface area contributed by atoms with Gasteiger partial charge in [-0.05, 0) is 6.92 Å². The van der Waals surface area contributed by atoms with Gasteiger partial charge in [-0.1, -0.05) is 13.8 Å². The predicted octanol–water partition coefficient (Wildman–Crippen LogP) is 0.227. The lowest BCUT2D eigenvalue weighted by molar-refractivity contribution is -0.167. The van der Waals surface area contributed by atoms with Gasteiger partial charge in [0.15, 0.2) is 0 Å². The summed E-state index contributed by atoms with van der Waals surface area (Å²) in [5, 5.41) is 9.73. The largest absolute Gasteiger partial charge is 0.393 e. The Morgan fingerprint density at radius 3 is 2.61 bits per heavy atom. The maximum atomic E-state index is 12.3. The van der Waals surface area contributed by atoms with Gasteiger partial charge in [0.05, 0.1) is 24.0 Å². The lowest BCUT2D eigenvalue weighted by Crippen LogP contribution is -2.62. The highest BCUT2D eigenvalue weighted by Crippen LogP contribution is 2.47. The third-order valence-corrected chi connectivity index (χ3v) is 5.09. The lowest BCUT2D eigenvalue weighted by atomic mass is 9.83. The average Bonchev–Trinajstić information content (AvgIpc) is 2.78. The van der Waals surface area contributed by atoms with Crippen LogP contribution in [-0.4, -0.2) is 52.3 Å². The van der Waals surface area contributed by atoms with Crippen molar-refractivity contribution in [2.75, 3.05) is 12.3 Å². The van der Waals surface area contributed by atoms with E-state index in [-0.39, 0.29) is 17.6 Å². The van der Waals surface area contributed by atoms with Crippen molar-refractivity contribution in [2.45, 2.75) is 39.3 Å². The highest BCUT2D eigenvalue weighted by molar-refractivity contribution is 8.03. The zero-order chi connectivity index (χ0) is 17.3. The van der Waals surface area contributed by atoms with Gasteiger partial charge >= 0.3 is 11.9 Å². The van der Waals surface area contributed by atoms with Gasteiger partial charge in [-0.25, -0.2) is 4.79 Å². The molecule has 128 valence electrons. The second kappa shape index (κ2) is 7.02. The van der Waals surface area contributed by atoms with E-state index in [0.29, 0.717) is 23.6 Å². The average molecular weight is 342 g/mol. The number of β-lactam (4-membered cyclic amide) rings is 1. The van der Waals surface area contributed by atoms with Crippen LogP contribution >= 0.6 is 11.8 Å². The van der Waals surface area contributed by atoms with Crippen LogP contribution in [-0.2, 0) is 19.1 Å². The fraction of sp³-hybridized carbons (Fsp3) is 0.667. The Labute approximate surface area is 139 Å². The number of fused-ring (bicyclic) bond motifs is 1. The van der Waals surface area contributed by atoms with Crippen molar-refractivity contribution in [3.05, 3.63) is 10.6 Å². The first-order valence-electron chi connectivity index (χ1n) is 7.62. The Bertz CT molecular complexity index is 558. The molecule has 1 fully saturated rings. The lowest BCUT2D eigenvalue weighted by Gasteiger charge is -2.44. The molecule has 0 radical (unpaired) electrons. The summed E-state index contributed by atoms with van der Waals surface area (Å²) in [5.74, 6) is -2.10. The van der Waals surface area contributed by atoms with Crippen molar-refractivity contribution in [1.82, 2.24) is 4.90 Å². The number of hydrogen-bond donors (Lipinski definition) is 2. The van der Waals surface area contributed by atoms with Gasteiger partial charge in [0.2, 0.25) is 5.91 Å². The molecule has 1 saturated heterocycles. The number of esters is 2. The number of aliphatic hydroxyl groups excluding tert-OH is 1. The van der Waals surface area contributed by atoms with E-state index in [9.17, 15) is 19.5 Å². The molecule has 3 atom stereocenters. The quantitative estimate of drug-likeness (QED) is 0.404. The first-order valence-corrected chi connectivity index (χ1v) is 8.61. The number of thioether (sulfide) groups is 1. The molecular formula is C15H22N2O5S. The van der Waals surface area contributed by atoms with Crippen molar-refractivity contribution >= 4 is 29.6 Å². The third-order valence-electron chi connectivity index (χ3n) is 3.94. The summed E-state index contributed by atoms with van der Waals surface area (Å²) in [6.45, 7) is 5.25. The second-order valence-electron chi connectivity index (χ2n) is 6.02. The molecule has 0 unspecified atom stereocenters. The molecule has 7 nitrogen and oxygen atoms in total. The van der Waals surface area contributed by atoms with Crippen LogP contribution in [0.15, 0.2) is 10.6 Å². The Hall–Kier alpha value is -1.38. The standard InChI is InChI=1S/C15H22N2O5S/c1-7(2)14(20)22-15(21)12-10(23-5-4-16)6-9-11(8(3)18)13(19)17(9)12/h7-9,11,18H,4-6,16H2,1-3H3/t8-,9-,11-/m1/s1. The number of hydrogen-bond acceptors (Lipinski definition) is 7. The van der Waals surface area contributed by atoms with E-state index >= 15 is 0 Å². The molecule has 0 saturated carbocycles. The fourth-order valence-electron chi connectivity index (χ4n) is 2.79. The van der Waals surface area contributed by atoms with E-state index in [1.165, 1.54) is 16.7 Å². The smallest absolute Gasteiger partial charge is 0.363 e. The van der Waals surface area contributed by atoms with Crippen LogP contribution in [0.3, 0.4) is 0 Å². The summed E-state index contributed by atoms with van der Waals surface area (Å²) in [5.41, 5.74) is 5.63. The van der Waals surface area contributed by atoms with E-state index in [2.05, 4.69) is 0 Å². The van der Waals surface area contributed by atoms with E-state index in [0.717, 1.165) is 0 Å². The first-order chi connectivity index (χ1) is 10.8. The summed E-state index contributed by atoms with van der Waals surface area (Å²) in [6.07, 6.45) is -0.302. The van der Waals surface area contributed by atoms with Gasteiger partial charge in [0.1, 0.15) is 5.70 Å². The Kier molecular flexibility index (Phi) is 5.49. The van der Waals surface area contributed by atoms with E-state index in [1.807, 2.05) is 0 Å². The number of nitrogens with two attached hydrogens (primary N) is 1. The van der Waals surface area contributed by atoms with Crippen LogP contribution in [0.4, 0.5) is 0 Å². The molecule has 23 heavy (non-hydrogen) atoms. The number of amides is 1. The summed E-state index contributed by atoms with van der Waals surface area (Å²) in [6, 6.07) is -0.250. The summed E-state index contributed by atoms with van der Waals surface area (Å²) in [7, 11) is 0. The van der Waals surface area contributed by atoms with Crippen LogP contribution < -0.4 is 5.73 Å². The minimum Gasteiger partial charge on any atom is -0.393 e. The predicted molar refractivity (Wildman–Crippen MR) is 84.9 cm³/mol. The van der Waals surface area contributed by atoms with Gasteiger partial charge in [-0.15, -0.1) is 11.8 Å². The zero-order valence-corrected chi connectivity index (χ0v) is 14.3. The molecule has 1 amide bonds. The van der Waals surface area contributed by atoms with E-state index < -0.39 is 29.9 Å². The Morgan fingerprint density at radius 2 is 2.09 bits per heavy atom. The molecule has 0 aromatic rings. The van der Waals surface area contributed by atoms with Crippen LogP contribution in [0.25, 0.3) is 0 Å². The molecule has 3 N–H and O–H groups in total. The minimum absolute atomic E-state index is 0.129. The summed E-state index contributed by atoms with van der Waals surface area (Å²) >= 11 is 1.39. The molecular weight excluding hydrogens is 320 g/mol. The van der Waals surface area contributed by atoms with Crippen molar-refractivity contribution in [3.63, 3.8) is 0 Å². The van der Waals surface area contributed by atoms with Crippen molar-refractivity contribution in [3.8, 4) is 0 Å². The number of aliphatic hydroxyl groups is 1.